The first kappa shape index (κ1) is 22.1. The van der Waals surface area contributed by atoms with Crippen LogP contribution >= 0.6 is 0 Å². The fourth-order valence-corrected chi connectivity index (χ4v) is 3.57. The van der Waals surface area contributed by atoms with Gasteiger partial charge in [0.15, 0.2) is 0 Å². The fraction of sp³-hybridized carbons (Fsp3) is 0.148. The molecule has 0 radical (unpaired) electrons. The van der Waals surface area contributed by atoms with Crippen molar-refractivity contribution < 1.29 is 13.9 Å². The summed E-state index contributed by atoms with van der Waals surface area (Å²) in [7, 11) is 0. The molecule has 5 nitrogen and oxygen atoms in total. The van der Waals surface area contributed by atoms with Gasteiger partial charge in [0.1, 0.15) is 12.4 Å². The number of ether oxygens (including phenoxy) is 1. The molecule has 0 saturated carbocycles. The molecule has 6 heteroatoms. The third-order valence-corrected chi connectivity index (χ3v) is 5.25. The molecule has 0 unspecified atom stereocenters. The van der Waals surface area contributed by atoms with Gasteiger partial charge in [0.25, 0.3) is 0 Å². The Balaban J connectivity index is 1.27. The van der Waals surface area contributed by atoms with E-state index in [0.717, 1.165) is 16.7 Å². The van der Waals surface area contributed by atoms with Gasteiger partial charge in [-0.2, -0.15) is 0 Å². The summed E-state index contributed by atoms with van der Waals surface area (Å²) >= 11 is 0. The quantitative estimate of drug-likeness (QED) is 0.371. The van der Waals surface area contributed by atoms with Crippen molar-refractivity contribution in [2.45, 2.75) is 12.3 Å². The van der Waals surface area contributed by atoms with Gasteiger partial charge in [-0.25, -0.2) is 4.39 Å². The van der Waals surface area contributed by atoms with Crippen molar-refractivity contribution in [3.63, 3.8) is 0 Å². The molecule has 1 heterocycles. The predicted molar refractivity (Wildman–Crippen MR) is 125 cm³/mol. The Hall–Kier alpha value is -4.06. The number of hydrogen-bond donors (Lipinski definition) is 1. The maximum atomic E-state index is 13.1. The number of hydrogen-bond acceptors (Lipinski definition) is 4. The van der Waals surface area contributed by atoms with Gasteiger partial charge < -0.3 is 10.1 Å². The maximum absolute atomic E-state index is 13.1. The second kappa shape index (κ2) is 11.0. The average molecular weight is 442 g/mol. The fourth-order valence-electron chi connectivity index (χ4n) is 3.57. The lowest BCUT2D eigenvalue weighted by Crippen LogP contribution is -2.29. The van der Waals surface area contributed by atoms with Crippen molar-refractivity contribution in [1.29, 1.82) is 0 Å². The summed E-state index contributed by atoms with van der Waals surface area (Å²) < 4.78 is 18.6. The van der Waals surface area contributed by atoms with Gasteiger partial charge in [0.2, 0.25) is 11.8 Å². The Morgan fingerprint density at radius 2 is 1.45 bits per heavy atom. The maximum Gasteiger partial charge on any atom is 0.233 e. The van der Waals surface area contributed by atoms with Crippen LogP contribution in [0.25, 0.3) is 11.3 Å². The Labute approximate surface area is 192 Å². The van der Waals surface area contributed by atoms with Gasteiger partial charge in [-0.05, 0) is 41.5 Å². The summed E-state index contributed by atoms with van der Waals surface area (Å²) in [5.74, 6) is 0.00126. The lowest BCUT2D eigenvalue weighted by molar-refractivity contribution is -0.121. The first-order chi connectivity index (χ1) is 16.2. The van der Waals surface area contributed by atoms with Crippen molar-refractivity contribution in [3.8, 4) is 17.1 Å². The van der Waals surface area contributed by atoms with Crippen LogP contribution in [0.4, 0.5) is 4.39 Å². The molecule has 0 spiro atoms. The third-order valence-electron chi connectivity index (χ3n) is 5.25. The number of nitrogens with one attached hydrogen (secondary N) is 1. The number of carbonyl (C=O) groups is 1. The van der Waals surface area contributed by atoms with Gasteiger partial charge in [0, 0.05) is 24.0 Å². The zero-order valence-corrected chi connectivity index (χ0v) is 18.0. The van der Waals surface area contributed by atoms with E-state index in [2.05, 4.69) is 15.5 Å². The number of benzene rings is 3. The minimum Gasteiger partial charge on any atom is -0.475 e. The number of carbonyl (C=O) groups excluding carboxylic acids is 1. The standard InChI is InChI=1S/C27H24FN3O2/c28-23-13-11-22(12-14-23)25-15-16-27(31-30-25)33-18-17-29-26(32)19-24(20-7-3-1-4-8-20)21-9-5-2-6-10-21/h1-16,24H,17-19H2,(H,29,32). The largest absolute Gasteiger partial charge is 0.475 e. The van der Waals surface area contributed by atoms with Crippen LogP contribution in [0.15, 0.2) is 97.1 Å². The van der Waals surface area contributed by atoms with Crippen LogP contribution in [0.5, 0.6) is 5.88 Å². The summed E-state index contributed by atoms with van der Waals surface area (Å²) in [5.41, 5.74) is 3.61. The number of aromatic nitrogens is 2. The number of nitrogens with zero attached hydrogens (tertiary/aromatic N) is 2. The lowest BCUT2D eigenvalue weighted by Gasteiger charge is -2.18. The van der Waals surface area contributed by atoms with Gasteiger partial charge in [0.05, 0.1) is 12.2 Å². The molecule has 33 heavy (non-hydrogen) atoms. The van der Waals surface area contributed by atoms with Crippen LogP contribution in [-0.2, 0) is 4.79 Å². The topological polar surface area (TPSA) is 64.1 Å². The molecule has 0 bridgehead atoms. The zero-order chi connectivity index (χ0) is 22.9. The summed E-state index contributed by atoms with van der Waals surface area (Å²) in [6.07, 6.45) is 0.347. The second-order valence-electron chi connectivity index (χ2n) is 7.54. The SMILES string of the molecule is O=C(CC(c1ccccc1)c1ccccc1)NCCOc1ccc(-c2ccc(F)cc2)nn1. The number of amides is 1. The highest BCUT2D eigenvalue weighted by molar-refractivity contribution is 5.77. The molecule has 1 N–H and O–H groups in total. The normalized spacial score (nSPS) is 10.7. The molecule has 0 aliphatic heterocycles. The monoisotopic (exact) mass is 441 g/mol. The molecule has 0 aliphatic rings. The van der Waals surface area contributed by atoms with Crippen LogP contribution in [0.2, 0.25) is 0 Å². The van der Waals surface area contributed by atoms with Gasteiger partial charge in [-0.15, -0.1) is 10.2 Å². The minimum absolute atomic E-state index is 0.0156. The van der Waals surface area contributed by atoms with E-state index >= 15 is 0 Å². The second-order valence-corrected chi connectivity index (χ2v) is 7.54. The zero-order valence-electron chi connectivity index (χ0n) is 18.0. The summed E-state index contributed by atoms with van der Waals surface area (Å²) in [6.45, 7) is 0.633. The Morgan fingerprint density at radius 1 is 0.818 bits per heavy atom. The highest BCUT2D eigenvalue weighted by Crippen LogP contribution is 2.27. The van der Waals surface area contributed by atoms with Crippen LogP contribution in [-0.4, -0.2) is 29.3 Å². The molecule has 0 aliphatic carbocycles. The smallest absolute Gasteiger partial charge is 0.233 e. The van der Waals surface area contributed by atoms with E-state index in [-0.39, 0.29) is 24.2 Å². The van der Waals surface area contributed by atoms with Gasteiger partial charge >= 0.3 is 0 Å². The van der Waals surface area contributed by atoms with E-state index in [1.807, 2.05) is 60.7 Å². The van der Waals surface area contributed by atoms with Gasteiger partial charge in [-0.3, -0.25) is 4.79 Å². The molecule has 3 aromatic carbocycles. The number of halogens is 1. The third kappa shape index (κ3) is 6.23. The Kier molecular flexibility index (Phi) is 7.38. The first-order valence-corrected chi connectivity index (χ1v) is 10.8. The molecule has 4 rings (SSSR count). The van der Waals surface area contributed by atoms with Crippen LogP contribution in [0.3, 0.4) is 0 Å². The highest BCUT2D eigenvalue weighted by atomic mass is 19.1. The molecule has 0 atom stereocenters. The van der Waals surface area contributed by atoms with Gasteiger partial charge in [-0.1, -0.05) is 60.7 Å². The summed E-state index contributed by atoms with van der Waals surface area (Å²) in [6, 6.07) is 29.6. The van der Waals surface area contributed by atoms with E-state index in [9.17, 15) is 9.18 Å². The molecule has 4 aromatic rings. The van der Waals surface area contributed by atoms with Crippen LogP contribution in [0, 0.1) is 5.82 Å². The molecule has 166 valence electrons. The first-order valence-electron chi connectivity index (χ1n) is 10.8. The van der Waals surface area contributed by atoms with Crippen LogP contribution < -0.4 is 10.1 Å². The van der Waals surface area contributed by atoms with E-state index in [1.54, 1.807) is 24.3 Å². The van der Waals surface area contributed by atoms with Crippen molar-refractivity contribution in [2.24, 2.45) is 0 Å². The molecular formula is C27H24FN3O2. The minimum atomic E-state index is -0.299. The lowest BCUT2D eigenvalue weighted by atomic mass is 9.88. The average Bonchev–Trinajstić information content (AvgIpc) is 2.87. The highest BCUT2D eigenvalue weighted by Gasteiger charge is 2.17. The molecule has 1 amide bonds. The predicted octanol–water partition coefficient (Wildman–Crippen LogP) is 5.00. The molecular weight excluding hydrogens is 417 g/mol. The summed E-state index contributed by atoms with van der Waals surface area (Å²) in [5, 5.41) is 11.1. The van der Waals surface area contributed by atoms with Crippen molar-refractivity contribution in [1.82, 2.24) is 15.5 Å². The van der Waals surface area contributed by atoms with E-state index in [4.69, 9.17) is 4.74 Å². The Morgan fingerprint density at radius 3 is 2.03 bits per heavy atom. The van der Waals surface area contributed by atoms with E-state index in [1.165, 1.54) is 12.1 Å². The van der Waals surface area contributed by atoms with Crippen molar-refractivity contribution in [2.75, 3.05) is 13.2 Å². The molecule has 0 saturated heterocycles. The van der Waals surface area contributed by atoms with E-state index < -0.39 is 0 Å². The number of rotatable bonds is 9. The summed E-state index contributed by atoms with van der Waals surface area (Å²) in [4.78, 5) is 12.6. The van der Waals surface area contributed by atoms with E-state index in [0.29, 0.717) is 24.5 Å². The Bertz CT molecular complexity index is 1110. The van der Waals surface area contributed by atoms with Crippen molar-refractivity contribution in [3.05, 3.63) is 114 Å². The van der Waals surface area contributed by atoms with Crippen molar-refractivity contribution >= 4 is 5.91 Å². The molecule has 1 aromatic heterocycles. The molecule has 0 fully saturated rings. The van der Waals surface area contributed by atoms with Crippen LogP contribution in [0.1, 0.15) is 23.5 Å².